The lowest BCUT2D eigenvalue weighted by atomic mass is 10.2. The van der Waals surface area contributed by atoms with Gasteiger partial charge in [-0.3, -0.25) is 0 Å². The van der Waals surface area contributed by atoms with Crippen LogP contribution in [0.3, 0.4) is 0 Å². The van der Waals surface area contributed by atoms with Gasteiger partial charge in [0.2, 0.25) is 0 Å². The Morgan fingerprint density at radius 1 is 1.60 bits per heavy atom. The molecule has 1 aliphatic heterocycles. The highest BCUT2D eigenvalue weighted by Crippen LogP contribution is 2.23. The zero-order chi connectivity index (χ0) is 11.5. The van der Waals surface area contributed by atoms with Crippen molar-refractivity contribution in [2.24, 2.45) is 0 Å². The number of rotatable bonds is 3. The summed E-state index contributed by atoms with van der Waals surface area (Å²) < 4.78 is 15.8. The van der Waals surface area contributed by atoms with E-state index in [1.165, 1.54) is 0 Å². The third kappa shape index (κ3) is 3.64. The lowest BCUT2D eigenvalue weighted by Crippen LogP contribution is -2.21. The molecule has 15 heavy (non-hydrogen) atoms. The minimum atomic E-state index is -0.559. The lowest BCUT2D eigenvalue weighted by molar-refractivity contribution is -0.139. The molecule has 4 nitrogen and oxygen atoms in total. The standard InChI is InChI=1S/C11H18O4/c1-5-13-10(12)8(2)6-9-7-14-11(3,4)15-9/h6,9H,5,7H2,1-4H3/b8-6+/t9-/m1/s1. The highest BCUT2D eigenvalue weighted by atomic mass is 16.7. The van der Waals surface area contributed by atoms with Crippen molar-refractivity contribution >= 4 is 5.97 Å². The van der Waals surface area contributed by atoms with Crippen molar-refractivity contribution in [3.8, 4) is 0 Å². The molecule has 1 heterocycles. The van der Waals surface area contributed by atoms with Crippen LogP contribution < -0.4 is 0 Å². The first-order chi connectivity index (χ1) is 6.94. The number of hydrogen-bond donors (Lipinski definition) is 0. The summed E-state index contributed by atoms with van der Waals surface area (Å²) in [6.45, 7) is 8.05. The molecule has 1 atom stereocenters. The molecule has 0 bridgehead atoms. The van der Waals surface area contributed by atoms with Gasteiger partial charge in [-0.05, 0) is 33.8 Å². The Bertz CT molecular complexity index is 268. The van der Waals surface area contributed by atoms with Crippen LogP contribution in [-0.2, 0) is 19.0 Å². The third-order valence-electron chi connectivity index (χ3n) is 2.06. The monoisotopic (exact) mass is 214 g/mol. The van der Waals surface area contributed by atoms with Gasteiger partial charge in [-0.15, -0.1) is 0 Å². The predicted molar refractivity (Wildman–Crippen MR) is 55.3 cm³/mol. The zero-order valence-electron chi connectivity index (χ0n) is 9.70. The molecule has 0 radical (unpaired) electrons. The van der Waals surface area contributed by atoms with Gasteiger partial charge >= 0.3 is 5.97 Å². The SMILES string of the molecule is CCOC(=O)/C(C)=C/[C@@H]1COC(C)(C)O1. The summed E-state index contributed by atoms with van der Waals surface area (Å²) in [7, 11) is 0. The summed E-state index contributed by atoms with van der Waals surface area (Å²) in [5.41, 5.74) is 0.558. The summed E-state index contributed by atoms with van der Waals surface area (Å²) in [6.07, 6.45) is 1.58. The van der Waals surface area contributed by atoms with E-state index in [9.17, 15) is 4.79 Å². The molecule has 0 spiro atoms. The highest BCUT2D eigenvalue weighted by molar-refractivity contribution is 5.87. The fourth-order valence-corrected chi connectivity index (χ4v) is 1.39. The van der Waals surface area contributed by atoms with Crippen LogP contribution in [0, 0.1) is 0 Å². The first kappa shape index (κ1) is 12.2. The van der Waals surface area contributed by atoms with Crippen LogP contribution in [0.15, 0.2) is 11.6 Å². The number of hydrogen-bond acceptors (Lipinski definition) is 4. The van der Waals surface area contributed by atoms with Crippen molar-refractivity contribution in [3.05, 3.63) is 11.6 Å². The second-order valence-corrected chi connectivity index (χ2v) is 3.94. The lowest BCUT2D eigenvalue weighted by Gasteiger charge is -2.15. The van der Waals surface area contributed by atoms with Crippen molar-refractivity contribution < 1.29 is 19.0 Å². The third-order valence-corrected chi connectivity index (χ3v) is 2.06. The minimum absolute atomic E-state index is 0.163. The van der Waals surface area contributed by atoms with Gasteiger partial charge in [0.05, 0.1) is 13.2 Å². The molecule has 1 rings (SSSR count). The molecule has 0 saturated carbocycles. The zero-order valence-corrected chi connectivity index (χ0v) is 9.70. The molecule has 0 aromatic carbocycles. The van der Waals surface area contributed by atoms with Crippen LogP contribution in [0.25, 0.3) is 0 Å². The average molecular weight is 214 g/mol. The molecule has 1 saturated heterocycles. The van der Waals surface area contributed by atoms with Crippen LogP contribution >= 0.6 is 0 Å². The predicted octanol–water partition coefficient (Wildman–Crippen LogP) is 1.65. The summed E-state index contributed by atoms with van der Waals surface area (Å²) in [5, 5.41) is 0. The summed E-state index contributed by atoms with van der Waals surface area (Å²) in [5.74, 6) is -0.860. The van der Waals surface area contributed by atoms with E-state index >= 15 is 0 Å². The number of ether oxygens (including phenoxy) is 3. The number of carbonyl (C=O) groups is 1. The molecule has 0 aromatic heterocycles. The van der Waals surface area contributed by atoms with Crippen LogP contribution in [0.2, 0.25) is 0 Å². The Labute approximate surface area is 90.2 Å². The van der Waals surface area contributed by atoms with Gasteiger partial charge in [0.15, 0.2) is 5.79 Å². The maximum Gasteiger partial charge on any atom is 0.333 e. The second kappa shape index (κ2) is 4.77. The minimum Gasteiger partial charge on any atom is -0.463 e. The van der Waals surface area contributed by atoms with Gasteiger partial charge in [0.1, 0.15) is 6.10 Å². The van der Waals surface area contributed by atoms with Crippen LogP contribution in [-0.4, -0.2) is 31.1 Å². The molecule has 1 fully saturated rings. The van der Waals surface area contributed by atoms with Crippen LogP contribution in [0.4, 0.5) is 0 Å². The molecular weight excluding hydrogens is 196 g/mol. The molecule has 4 heteroatoms. The molecule has 1 aliphatic rings. The Balaban J connectivity index is 2.53. The van der Waals surface area contributed by atoms with Crippen molar-refractivity contribution in [2.45, 2.75) is 39.6 Å². The van der Waals surface area contributed by atoms with Gasteiger partial charge in [-0.1, -0.05) is 0 Å². The molecule has 0 amide bonds. The van der Waals surface area contributed by atoms with E-state index in [0.29, 0.717) is 18.8 Å². The molecule has 0 N–H and O–H groups in total. The van der Waals surface area contributed by atoms with Crippen molar-refractivity contribution in [2.75, 3.05) is 13.2 Å². The Hall–Kier alpha value is -0.870. The summed E-state index contributed by atoms with van der Waals surface area (Å²) in [6, 6.07) is 0. The van der Waals surface area contributed by atoms with E-state index < -0.39 is 5.79 Å². The number of carbonyl (C=O) groups excluding carboxylic acids is 1. The normalized spacial score (nSPS) is 25.3. The van der Waals surface area contributed by atoms with Gasteiger partial charge in [-0.25, -0.2) is 4.79 Å². The molecule has 86 valence electrons. The van der Waals surface area contributed by atoms with Gasteiger partial charge < -0.3 is 14.2 Å². The quantitative estimate of drug-likeness (QED) is 0.529. The fraction of sp³-hybridized carbons (Fsp3) is 0.727. The van der Waals surface area contributed by atoms with E-state index in [1.54, 1.807) is 19.9 Å². The summed E-state index contributed by atoms with van der Waals surface area (Å²) >= 11 is 0. The van der Waals surface area contributed by atoms with E-state index in [2.05, 4.69) is 0 Å². The fourth-order valence-electron chi connectivity index (χ4n) is 1.39. The second-order valence-electron chi connectivity index (χ2n) is 3.94. The van der Waals surface area contributed by atoms with Gasteiger partial charge in [-0.2, -0.15) is 0 Å². The summed E-state index contributed by atoms with van der Waals surface area (Å²) in [4.78, 5) is 11.3. The molecule has 0 unspecified atom stereocenters. The van der Waals surface area contributed by atoms with Crippen molar-refractivity contribution in [1.29, 1.82) is 0 Å². The van der Waals surface area contributed by atoms with Crippen molar-refractivity contribution in [1.82, 2.24) is 0 Å². The molecule has 0 aliphatic carbocycles. The Kier molecular flexibility index (Phi) is 3.88. The Morgan fingerprint density at radius 2 is 2.27 bits per heavy atom. The van der Waals surface area contributed by atoms with Crippen LogP contribution in [0.1, 0.15) is 27.7 Å². The smallest absolute Gasteiger partial charge is 0.333 e. The maximum atomic E-state index is 11.3. The first-order valence-electron chi connectivity index (χ1n) is 5.12. The Morgan fingerprint density at radius 3 is 2.73 bits per heavy atom. The van der Waals surface area contributed by atoms with E-state index in [4.69, 9.17) is 14.2 Å². The molecular formula is C11H18O4. The van der Waals surface area contributed by atoms with E-state index in [-0.39, 0.29) is 12.1 Å². The van der Waals surface area contributed by atoms with E-state index in [1.807, 2.05) is 13.8 Å². The van der Waals surface area contributed by atoms with E-state index in [0.717, 1.165) is 0 Å². The topological polar surface area (TPSA) is 44.8 Å². The molecule has 0 aromatic rings. The largest absolute Gasteiger partial charge is 0.463 e. The average Bonchev–Trinajstić information content (AvgIpc) is 2.46. The van der Waals surface area contributed by atoms with Crippen LogP contribution in [0.5, 0.6) is 0 Å². The first-order valence-corrected chi connectivity index (χ1v) is 5.12. The van der Waals surface area contributed by atoms with Gasteiger partial charge in [0.25, 0.3) is 0 Å². The van der Waals surface area contributed by atoms with Gasteiger partial charge in [0, 0.05) is 5.57 Å². The number of esters is 1. The van der Waals surface area contributed by atoms with Crippen molar-refractivity contribution in [3.63, 3.8) is 0 Å². The maximum absolute atomic E-state index is 11.3. The highest BCUT2D eigenvalue weighted by Gasteiger charge is 2.31.